The van der Waals surface area contributed by atoms with Gasteiger partial charge in [0.15, 0.2) is 5.69 Å². The summed E-state index contributed by atoms with van der Waals surface area (Å²) in [7, 11) is 2.32. The van der Waals surface area contributed by atoms with E-state index in [0.717, 1.165) is 21.3 Å². The molecule has 0 saturated heterocycles. The van der Waals surface area contributed by atoms with Crippen LogP contribution < -0.4 is 16.6 Å². The third-order valence-electron chi connectivity index (χ3n) is 5.56. The first-order valence-corrected chi connectivity index (χ1v) is 12.2. The maximum Gasteiger partial charge on any atom is 0.420 e. The summed E-state index contributed by atoms with van der Waals surface area (Å²) >= 11 is 0. The lowest BCUT2D eigenvalue weighted by atomic mass is 10.2. The van der Waals surface area contributed by atoms with E-state index in [-0.39, 0.29) is 42.2 Å². The number of hydrogen-bond donors (Lipinski definition) is 2. The van der Waals surface area contributed by atoms with Crippen LogP contribution in [0.3, 0.4) is 0 Å². The van der Waals surface area contributed by atoms with Crippen molar-refractivity contribution in [3.8, 4) is 0 Å². The van der Waals surface area contributed by atoms with Crippen molar-refractivity contribution in [1.29, 1.82) is 0 Å². The van der Waals surface area contributed by atoms with Crippen LogP contribution in [0.15, 0.2) is 91.0 Å². The first-order chi connectivity index (χ1) is 18.5. The molecule has 38 heavy (non-hydrogen) atoms. The molecule has 1 heterocycles. The zero-order chi connectivity index (χ0) is 26.9. The molecule has 1 unspecified atom stereocenters. The summed E-state index contributed by atoms with van der Waals surface area (Å²) in [5.41, 5.74) is 4.04. The van der Waals surface area contributed by atoms with Gasteiger partial charge in [0.1, 0.15) is 31.2 Å². The van der Waals surface area contributed by atoms with Crippen molar-refractivity contribution in [2.24, 2.45) is 5.84 Å². The Balaban J connectivity index is 1.67. The van der Waals surface area contributed by atoms with E-state index in [2.05, 4.69) is 14.7 Å². The molecule has 0 radical (unpaired) electrons. The Hall–Kier alpha value is -4.46. The van der Waals surface area contributed by atoms with E-state index >= 15 is 0 Å². The standard InChI is InChI=1S/C28H26N3O6P/c29-30-25-24(38)22(26(32)35-16-19-10-4-1-5-11-19)23(27(33)36-17-20-12-6-2-7-13-20)31(25)28(34)37-18-21-14-8-3-9-15-21/h1-15,30H,16-18,29,38H2. The molecular formula is C28H26N3O6P. The molecule has 0 aliphatic rings. The van der Waals surface area contributed by atoms with E-state index < -0.39 is 18.0 Å². The van der Waals surface area contributed by atoms with E-state index in [4.69, 9.17) is 20.1 Å². The van der Waals surface area contributed by atoms with Gasteiger partial charge in [-0.15, -0.1) is 9.24 Å². The quantitative estimate of drug-likeness (QED) is 0.109. The molecule has 0 spiro atoms. The Bertz CT molecular complexity index is 1410. The number of carbonyl (C=O) groups excluding carboxylic acids is 3. The number of nitrogens with zero attached hydrogens (tertiary/aromatic N) is 1. The SMILES string of the molecule is NNc1c(P)c(C(=O)OCc2ccccc2)c(C(=O)OCc2ccccc2)n1C(=O)OCc1ccccc1. The van der Waals surface area contributed by atoms with Crippen LogP contribution in [0.5, 0.6) is 0 Å². The third-order valence-corrected chi connectivity index (χ3v) is 6.12. The van der Waals surface area contributed by atoms with E-state index in [1.54, 1.807) is 60.7 Å². The number of hydrogen-bond acceptors (Lipinski definition) is 8. The van der Waals surface area contributed by atoms with Gasteiger partial charge in [0.2, 0.25) is 0 Å². The maximum atomic E-state index is 13.4. The molecule has 0 amide bonds. The second-order valence-electron chi connectivity index (χ2n) is 8.13. The van der Waals surface area contributed by atoms with Gasteiger partial charge in [0.25, 0.3) is 0 Å². The highest BCUT2D eigenvalue weighted by Crippen LogP contribution is 2.24. The highest BCUT2D eigenvalue weighted by Gasteiger charge is 2.34. The Kier molecular flexibility index (Phi) is 8.87. The summed E-state index contributed by atoms with van der Waals surface area (Å²) in [6, 6.07) is 27.1. The van der Waals surface area contributed by atoms with Gasteiger partial charge in [-0.3, -0.25) is 0 Å². The topological polar surface area (TPSA) is 122 Å². The van der Waals surface area contributed by atoms with Gasteiger partial charge in [-0.2, -0.15) is 0 Å². The van der Waals surface area contributed by atoms with Crippen molar-refractivity contribution in [2.45, 2.75) is 19.8 Å². The fourth-order valence-electron chi connectivity index (χ4n) is 3.69. The zero-order valence-corrected chi connectivity index (χ0v) is 21.5. The number of nitrogen functional groups attached to an aromatic ring is 1. The minimum Gasteiger partial charge on any atom is -0.457 e. The van der Waals surface area contributed by atoms with Crippen LogP contribution in [-0.4, -0.2) is 22.6 Å². The predicted molar refractivity (Wildman–Crippen MR) is 145 cm³/mol. The van der Waals surface area contributed by atoms with Gasteiger partial charge in [-0.1, -0.05) is 91.0 Å². The van der Waals surface area contributed by atoms with E-state index in [1.165, 1.54) is 0 Å². The van der Waals surface area contributed by atoms with Crippen molar-refractivity contribution >= 4 is 38.4 Å². The van der Waals surface area contributed by atoms with Gasteiger partial charge in [-0.25, -0.2) is 24.8 Å². The van der Waals surface area contributed by atoms with E-state index in [1.807, 2.05) is 30.3 Å². The molecule has 194 valence electrons. The van der Waals surface area contributed by atoms with Crippen LogP contribution >= 0.6 is 9.24 Å². The van der Waals surface area contributed by atoms with Gasteiger partial charge in [0, 0.05) is 5.30 Å². The average Bonchev–Trinajstić information content (AvgIpc) is 3.27. The lowest BCUT2D eigenvalue weighted by Gasteiger charge is -2.13. The minimum atomic E-state index is -0.931. The minimum absolute atomic E-state index is 0.0358. The molecule has 4 aromatic rings. The fourth-order valence-corrected chi connectivity index (χ4v) is 4.15. The van der Waals surface area contributed by atoms with Crippen molar-refractivity contribution in [3.05, 3.63) is 119 Å². The molecule has 0 saturated carbocycles. The first-order valence-electron chi connectivity index (χ1n) is 11.6. The van der Waals surface area contributed by atoms with Crippen molar-refractivity contribution in [3.63, 3.8) is 0 Å². The average molecular weight is 532 g/mol. The molecule has 3 N–H and O–H groups in total. The first kappa shape index (κ1) is 26.6. The second kappa shape index (κ2) is 12.7. The van der Waals surface area contributed by atoms with Crippen molar-refractivity contribution in [1.82, 2.24) is 4.57 Å². The number of carbonyl (C=O) groups is 3. The second-order valence-corrected chi connectivity index (χ2v) is 8.71. The molecule has 0 aliphatic heterocycles. The molecule has 0 bridgehead atoms. The fraction of sp³-hybridized carbons (Fsp3) is 0.107. The van der Waals surface area contributed by atoms with Crippen LogP contribution in [-0.2, 0) is 34.0 Å². The molecule has 9 nitrogen and oxygen atoms in total. The van der Waals surface area contributed by atoms with Gasteiger partial charge in [-0.05, 0) is 16.7 Å². The number of ether oxygens (including phenoxy) is 3. The molecule has 4 rings (SSSR count). The maximum absolute atomic E-state index is 13.4. The highest BCUT2D eigenvalue weighted by atomic mass is 31.0. The number of hydrazine groups is 1. The summed E-state index contributed by atoms with van der Waals surface area (Å²) in [5, 5.41) is 0.147. The zero-order valence-electron chi connectivity index (χ0n) is 20.3. The normalized spacial score (nSPS) is 10.5. The number of anilines is 1. The summed E-state index contributed by atoms with van der Waals surface area (Å²) in [6.45, 7) is -0.197. The molecule has 0 fully saturated rings. The number of benzene rings is 3. The van der Waals surface area contributed by atoms with Crippen LogP contribution in [0.1, 0.15) is 37.5 Å². The Morgan fingerprint density at radius 2 is 1.11 bits per heavy atom. The van der Waals surface area contributed by atoms with Gasteiger partial charge < -0.3 is 19.6 Å². The van der Waals surface area contributed by atoms with Gasteiger partial charge >= 0.3 is 18.0 Å². The smallest absolute Gasteiger partial charge is 0.420 e. The molecule has 1 atom stereocenters. The summed E-state index contributed by atoms with van der Waals surface area (Å²) in [5.74, 6) is 3.91. The molecule has 10 heteroatoms. The van der Waals surface area contributed by atoms with E-state index in [9.17, 15) is 14.4 Å². The Labute approximate surface area is 221 Å². The van der Waals surface area contributed by atoms with Crippen LogP contribution in [0, 0.1) is 0 Å². The van der Waals surface area contributed by atoms with Crippen LogP contribution in [0.2, 0.25) is 0 Å². The lowest BCUT2D eigenvalue weighted by Crippen LogP contribution is -2.25. The summed E-state index contributed by atoms with van der Waals surface area (Å²) in [4.78, 5) is 39.8. The molecule has 0 aliphatic carbocycles. The number of esters is 2. The van der Waals surface area contributed by atoms with Crippen molar-refractivity contribution in [2.75, 3.05) is 5.43 Å². The van der Waals surface area contributed by atoms with Crippen LogP contribution in [0.4, 0.5) is 10.6 Å². The van der Waals surface area contributed by atoms with E-state index in [0.29, 0.717) is 0 Å². The lowest BCUT2D eigenvalue weighted by molar-refractivity contribution is 0.0417. The summed E-state index contributed by atoms with van der Waals surface area (Å²) < 4.78 is 17.3. The van der Waals surface area contributed by atoms with Crippen LogP contribution in [0.25, 0.3) is 0 Å². The Morgan fingerprint density at radius 3 is 1.55 bits per heavy atom. The largest absolute Gasteiger partial charge is 0.457 e. The van der Waals surface area contributed by atoms with Gasteiger partial charge in [0.05, 0.1) is 0 Å². The molecular weight excluding hydrogens is 505 g/mol. The predicted octanol–water partition coefficient (Wildman–Crippen LogP) is 4.17. The number of nitrogens with two attached hydrogens (primary N) is 1. The Morgan fingerprint density at radius 1 is 0.684 bits per heavy atom. The highest BCUT2D eigenvalue weighted by molar-refractivity contribution is 7.28. The van der Waals surface area contributed by atoms with Crippen molar-refractivity contribution < 1.29 is 28.6 Å². The number of nitrogens with one attached hydrogen (secondary N) is 1. The summed E-state index contributed by atoms with van der Waals surface area (Å²) in [6.07, 6.45) is -0.931. The third kappa shape index (κ3) is 6.26. The monoisotopic (exact) mass is 531 g/mol. The molecule has 3 aromatic carbocycles. The number of rotatable bonds is 9. The number of aromatic nitrogens is 1. The molecule has 1 aromatic heterocycles.